The molecule has 2 nitrogen and oxygen atoms in total. The monoisotopic (exact) mass is 251 g/mol. The third kappa shape index (κ3) is 3.73. The first-order valence-corrected chi connectivity index (χ1v) is 8.09. The van der Waals surface area contributed by atoms with Gasteiger partial charge < -0.3 is 5.32 Å². The molecule has 2 heteroatoms. The Bertz CT molecular complexity index is 252. The summed E-state index contributed by atoms with van der Waals surface area (Å²) < 4.78 is 0. The summed E-state index contributed by atoms with van der Waals surface area (Å²) in [5.74, 6) is 2.45. The van der Waals surface area contributed by atoms with Crippen molar-refractivity contribution in [2.24, 2.45) is 17.8 Å². The second-order valence-electron chi connectivity index (χ2n) is 6.32. The molecule has 2 aliphatic carbocycles. The Morgan fingerprint density at radius 2 is 1.72 bits per heavy atom. The second kappa shape index (κ2) is 7.16. The van der Waals surface area contributed by atoms with E-state index in [4.69, 9.17) is 0 Å². The van der Waals surface area contributed by atoms with Crippen molar-refractivity contribution in [2.45, 2.75) is 71.1 Å². The number of unbranched alkanes of at least 4 members (excludes halogenated alkanes) is 4. The summed E-state index contributed by atoms with van der Waals surface area (Å²) >= 11 is 0. The molecule has 2 rings (SSSR count). The minimum Gasteiger partial charge on any atom is -0.356 e. The summed E-state index contributed by atoms with van der Waals surface area (Å²) in [5, 5.41) is 3.15. The molecule has 0 aliphatic heterocycles. The Hall–Kier alpha value is -0.530. The van der Waals surface area contributed by atoms with Crippen LogP contribution < -0.4 is 5.32 Å². The first-order valence-electron chi connectivity index (χ1n) is 8.09. The fourth-order valence-corrected chi connectivity index (χ4v) is 3.86. The lowest BCUT2D eigenvalue weighted by atomic mass is 10.0. The van der Waals surface area contributed by atoms with Crippen LogP contribution in [0.2, 0.25) is 0 Å². The van der Waals surface area contributed by atoms with Gasteiger partial charge in [0.2, 0.25) is 5.91 Å². The van der Waals surface area contributed by atoms with Crippen molar-refractivity contribution in [3.8, 4) is 0 Å². The fraction of sp³-hybridized carbons (Fsp3) is 0.938. The fourth-order valence-electron chi connectivity index (χ4n) is 3.86. The van der Waals surface area contributed by atoms with Gasteiger partial charge in [0.15, 0.2) is 0 Å². The maximum Gasteiger partial charge on any atom is 0.223 e. The second-order valence-corrected chi connectivity index (χ2v) is 6.32. The molecule has 1 N–H and O–H groups in total. The number of hydrogen-bond donors (Lipinski definition) is 1. The van der Waals surface area contributed by atoms with Crippen LogP contribution in [-0.2, 0) is 4.79 Å². The number of fused-ring (bicyclic) bond motifs is 1. The van der Waals surface area contributed by atoms with E-state index in [1.165, 1.54) is 57.8 Å². The molecule has 2 fully saturated rings. The number of hydrogen-bond acceptors (Lipinski definition) is 1. The van der Waals surface area contributed by atoms with E-state index in [-0.39, 0.29) is 0 Å². The Balaban J connectivity index is 1.55. The average Bonchev–Trinajstić information content (AvgIpc) is 2.93. The van der Waals surface area contributed by atoms with Crippen LogP contribution in [0, 0.1) is 17.8 Å². The molecule has 104 valence electrons. The summed E-state index contributed by atoms with van der Waals surface area (Å²) in [6.07, 6.45) is 12.9. The maximum absolute atomic E-state index is 12.1. The first kappa shape index (κ1) is 13.9. The van der Waals surface area contributed by atoms with Crippen LogP contribution in [0.3, 0.4) is 0 Å². The quantitative estimate of drug-likeness (QED) is 0.683. The van der Waals surface area contributed by atoms with Crippen LogP contribution in [0.15, 0.2) is 0 Å². The third-order valence-corrected chi connectivity index (χ3v) is 4.94. The van der Waals surface area contributed by atoms with E-state index >= 15 is 0 Å². The Kier molecular flexibility index (Phi) is 5.52. The van der Waals surface area contributed by atoms with Gasteiger partial charge in [-0.15, -0.1) is 0 Å². The van der Waals surface area contributed by atoms with Gasteiger partial charge in [-0.05, 0) is 31.1 Å². The van der Waals surface area contributed by atoms with Crippen LogP contribution in [0.25, 0.3) is 0 Å². The van der Waals surface area contributed by atoms with Crippen LogP contribution in [0.1, 0.15) is 71.1 Å². The number of carbonyl (C=O) groups is 1. The predicted octanol–water partition coefficient (Wildman–Crippen LogP) is 3.90. The van der Waals surface area contributed by atoms with Crippen molar-refractivity contribution in [1.29, 1.82) is 0 Å². The molecular formula is C16H29NO. The van der Waals surface area contributed by atoms with Gasteiger partial charge in [0.05, 0.1) is 0 Å². The molecule has 1 amide bonds. The summed E-state index contributed by atoms with van der Waals surface area (Å²) in [5.41, 5.74) is 0. The molecule has 3 atom stereocenters. The zero-order valence-corrected chi connectivity index (χ0v) is 11.9. The maximum atomic E-state index is 12.1. The van der Waals surface area contributed by atoms with Gasteiger partial charge in [-0.1, -0.05) is 51.9 Å². The molecule has 18 heavy (non-hydrogen) atoms. The van der Waals surface area contributed by atoms with Crippen LogP contribution in [0.4, 0.5) is 0 Å². The highest BCUT2D eigenvalue weighted by atomic mass is 16.1. The topological polar surface area (TPSA) is 29.1 Å². The third-order valence-electron chi connectivity index (χ3n) is 4.94. The highest BCUT2D eigenvalue weighted by molar-refractivity contribution is 5.78. The minimum absolute atomic E-state index is 0.343. The summed E-state index contributed by atoms with van der Waals surface area (Å²) in [7, 11) is 0. The highest BCUT2D eigenvalue weighted by Gasteiger charge is 2.39. The average molecular weight is 251 g/mol. The van der Waals surface area contributed by atoms with E-state index in [2.05, 4.69) is 12.2 Å². The molecule has 2 aliphatic rings. The highest BCUT2D eigenvalue weighted by Crippen LogP contribution is 2.46. The van der Waals surface area contributed by atoms with Crippen molar-refractivity contribution in [2.75, 3.05) is 6.54 Å². The van der Waals surface area contributed by atoms with Crippen molar-refractivity contribution >= 4 is 5.91 Å². The van der Waals surface area contributed by atoms with Crippen molar-refractivity contribution in [3.05, 3.63) is 0 Å². The molecule has 0 aromatic carbocycles. The van der Waals surface area contributed by atoms with E-state index in [1.807, 2.05) is 0 Å². The van der Waals surface area contributed by atoms with Gasteiger partial charge in [-0.25, -0.2) is 0 Å². The summed E-state index contributed by atoms with van der Waals surface area (Å²) in [6, 6.07) is 0. The first-order chi connectivity index (χ1) is 8.81. The van der Waals surface area contributed by atoms with E-state index in [9.17, 15) is 4.79 Å². The standard InChI is InChI=1S/C16H29NO/c1-2-3-4-5-6-10-17-16(18)15-11-13-8-7-9-14(13)12-15/h13-15H,2-12H2,1H3,(H,17,18)/t13-,14+,15?. The molecule has 0 bridgehead atoms. The minimum atomic E-state index is 0.343. The van der Waals surface area contributed by atoms with Crippen LogP contribution in [-0.4, -0.2) is 12.5 Å². The van der Waals surface area contributed by atoms with Gasteiger partial charge in [0.1, 0.15) is 0 Å². The van der Waals surface area contributed by atoms with E-state index in [1.54, 1.807) is 0 Å². The van der Waals surface area contributed by atoms with Crippen molar-refractivity contribution in [3.63, 3.8) is 0 Å². The Morgan fingerprint density at radius 3 is 2.39 bits per heavy atom. The Labute approximate surface area is 112 Å². The van der Waals surface area contributed by atoms with Gasteiger partial charge in [-0.3, -0.25) is 4.79 Å². The van der Waals surface area contributed by atoms with Gasteiger partial charge in [0.25, 0.3) is 0 Å². The summed E-state index contributed by atoms with van der Waals surface area (Å²) in [6.45, 7) is 3.13. The lowest BCUT2D eigenvalue weighted by molar-refractivity contribution is -0.125. The number of amides is 1. The normalized spacial score (nSPS) is 30.4. The number of nitrogens with one attached hydrogen (secondary N) is 1. The van der Waals surface area contributed by atoms with E-state index in [0.29, 0.717) is 11.8 Å². The Morgan fingerprint density at radius 1 is 1.06 bits per heavy atom. The lowest BCUT2D eigenvalue weighted by Gasteiger charge is -2.11. The molecule has 0 spiro atoms. The van der Waals surface area contributed by atoms with Gasteiger partial charge in [0, 0.05) is 12.5 Å². The largest absolute Gasteiger partial charge is 0.356 e. The van der Waals surface area contributed by atoms with Crippen molar-refractivity contribution in [1.82, 2.24) is 5.32 Å². The molecule has 0 radical (unpaired) electrons. The van der Waals surface area contributed by atoms with E-state index < -0.39 is 0 Å². The predicted molar refractivity (Wildman–Crippen MR) is 75.3 cm³/mol. The molecule has 0 aromatic heterocycles. The molecule has 2 saturated carbocycles. The van der Waals surface area contributed by atoms with Crippen LogP contribution >= 0.6 is 0 Å². The molecule has 0 aromatic rings. The van der Waals surface area contributed by atoms with Gasteiger partial charge in [-0.2, -0.15) is 0 Å². The molecular weight excluding hydrogens is 222 g/mol. The number of rotatable bonds is 7. The van der Waals surface area contributed by atoms with Crippen LogP contribution in [0.5, 0.6) is 0 Å². The summed E-state index contributed by atoms with van der Waals surface area (Å²) in [4.78, 5) is 12.1. The zero-order valence-electron chi connectivity index (χ0n) is 11.9. The zero-order chi connectivity index (χ0) is 12.8. The molecule has 0 saturated heterocycles. The van der Waals surface area contributed by atoms with Gasteiger partial charge >= 0.3 is 0 Å². The lowest BCUT2D eigenvalue weighted by Crippen LogP contribution is -2.30. The van der Waals surface area contributed by atoms with Crippen molar-refractivity contribution < 1.29 is 4.79 Å². The van der Waals surface area contributed by atoms with E-state index in [0.717, 1.165) is 24.8 Å². The molecule has 0 heterocycles. The molecule has 1 unspecified atom stereocenters. The SMILES string of the molecule is CCCCCCCNC(=O)C1C[C@H]2CCC[C@H]2C1. The number of carbonyl (C=O) groups excluding carboxylic acids is 1. The smallest absolute Gasteiger partial charge is 0.223 e.